The maximum Gasteiger partial charge on any atom is 0.333 e. The minimum atomic E-state index is -1.70. The van der Waals surface area contributed by atoms with Gasteiger partial charge in [0.25, 0.3) is 5.91 Å². The number of ether oxygens (including phenoxy) is 1. The third-order valence-electron chi connectivity index (χ3n) is 12.7. The van der Waals surface area contributed by atoms with Crippen LogP contribution in [0.5, 0.6) is 5.75 Å². The number of anilines is 1. The van der Waals surface area contributed by atoms with Gasteiger partial charge in [-0.2, -0.15) is 0 Å². The fraction of sp³-hybridized carbons (Fsp3) is 0.460. The van der Waals surface area contributed by atoms with Gasteiger partial charge in [-0.05, 0) is 81.1 Å². The average Bonchev–Trinajstić information content (AvgIpc) is 3.84. The van der Waals surface area contributed by atoms with E-state index in [9.17, 15) is 38.7 Å². The van der Waals surface area contributed by atoms with Crippen LogP contribution in [-0.2, 0) is 44.7 Å². The van der Waals surface area contributed by atoms with Crippen molar-refractivity contribution in [1.82, 2.24) is 40.5 Å². The molecule has 2 aromatic carbocycles. The number of pyridine rings is 1. The van der Waals surface area contributed by atoms with Gasteiger partial charge in [-0.3, -0.25) is 33.6 Å². The van der Waals surface area contributed by atoms with Crippen molar-refractivity contribution in [3.05, 3.63) is 101 Å². The molecule has 3 aliphatic rings. The number of hydrogen-bond acceptors (Lipinski definition) is 14. The van der Waals surface area contributed by atoms with Crippen molar-refractivity contribution in [3.63, 3.8) is 0 Å². The molecule has 20 heteroatoms. The van der Waals surface area contributed by atoms with E-state index >= 15 is 4.79 Å². The molecular weight excluding hydrogens is 919 g/mol. The van der Waals surface area contributed by atoms with Gasteiger partial charge in [-0.1, -0.05) is 49.4 Å². The van der Waals surface area contributed by atoms with E-state index in [-0.39, 0.29) is 49.3 Å². The molecule has 6 rings (SSSR count). The van der Waals surface area contributed by atoms with Crippen molar-refractivity contribution in [1.29, 1.82) is 0 Å². The third kappa shape index (κ3) is 12.5. The van der Waals surface area contributed by atoms with Crippen molar-refractivity contribution >= 4 is 64.6 Å². The van der Waals surface area contributed by atoms with Crippen LogP contribution >= 0.6 is 11.8 Å². The van der Waals surface area contributed by atoms with Gasteiger partial charge in [0.2, 0.25) is 29.5 Å². The van der Waals surface area contributed by atoms with Crippen LogP contribution in [0, 0.1) is 0 Å². The van der Waals surface area contributed by atoms with E-state index in [1.165, 1.54) is 58.8 Å². The number of nitrogens with zero attached hydrogens (tertiary/aromatic N) is 6. The Labute approximate surface area is 412 Å². The highest BCUT2D eigenvalue weighted by Gasteiger charge is 2.46. The Kier molecular flexibility index (Phi) is 17.8. The summed E-state index contributed by atoms with van der Waals surface area (Å²) in [7, 11) is 9.11. The number of ketones is 1. The van der Waals surface area contributed by atoms with E-state index in [0.29, 0.717) is 24.3 Å². The number of thioether (sulfide) groups is 1. The highest BCUT2D eigenvalue weighted by Crippen LogP contribution is 2.29. The van der Waals surface area contributed by atoms with Gasteiger partial charge < -0.3 is 50.3 Å². The van der Waals surface area contributed by atoms with Crippen LogP contribution < -0.4 is 20.9 Å². The lowest BCUT2D eigenvalue weighted by atomic mass is 9.93. The van der Waals surface area contributed by atoms with E-state index in [2.05, 4.69) is 20.9 Å². The van der Waals surface area contributed by atoms with Crippen LogP contribution in [0.4, 0.5) is 5.69 Å². The molecule has 4 N–H and O–H groups in total. The molecule has 0 saturated carbocycles. The summed E-state index contributed by atoms with van der Waals surface area (Å²) < 4.78 is 5.92. The molecule has 19 nitrogen and oxygen atoms in total. The topological polar surface area (TPSA) is 231 Å². The summed E-state index contributed by atoms with van der Waals surface area (Å²) in [5.74, 6) is -5.89. The number of cyclic esters (lactones) is 1. The first-order valence-corrected chi connectivity index (χ1v) is 24.4. The van der Waals surface area contributed by atoms with Crippen molar-refractivity contribution in [3.8, 4) is 5.75 Å². The molecule has 0 aliphatic carbocycles. The summed E-state index contributed by atoms with van der Waals surface area (Å²) in [5, 5.41) is 20.1. The molecule has 6 amide bonds. The first kappa shape index (κ1) is 52.6. The average molecular weight is 982 g/mol. The molecule has 0 spiro atoms. The number of aromatic hydroxyl groups is 1. The van der Waals surface area contributed by atoms with Gasteiger partial charge >= 0.3 is 5.97 Å². The fourth-order valence-corrected chi connectivity index (χ4v) is 9.63. The number of nitrogens with one attached hydrogen (secondary N) is 3. The highest BCUT2D eigenvalue weighted by molar-refractivity contribution is 8.02. The van der Waals surface area contributed by atoms with E-state index in [1.54, 1.807) is 42.7 Å². The maximum absolute atomic E-state index is 15.5. The van der Waals surface area contributed by atoms with Crippen LogP contribution in [0.3, 0.4) is 0 Å². The zero-order valence-electron chi connectivity index (χ0n) is 40.6. The molecule has 3 aliphatic heterocycles. The number of Topliss-reactive ketones (excluding diaryl/α,β-unsaturated/α-hetero) is 1. The van der Waals surface area contributed by atoms with Gasteiger partial charge in [0.05, 0.1) is 6.54 Å². The second-order valence-electron chi connectivity index (χ2n) is 18.1. The SMILES string of the molecule is CC[C@H]1NC(=O)[C@@H](NC(=O)c2ncccc2O)[C@@H](C)OC(=O)[C@H](c2ccccc2)NC(=O)[C@@H]2CC(=O)/C(=C\SCCN(C)C)CN2C(=O)[C@H](Cc2ccc(N(C)C)cc2)N(C)C(=O)[C@@H]2CCCN2C1=O. The Morgan fingerprint density at radius 1 is 0.900 bits per heavy atom. The molecule has 1 aromatic heterocycles. The Bertz CT molecular complexity index is 2450. The number of amides is 6. The predicted octanol–water partition coefficient (Wildman–Crippen LogP) is 2.06. The first-order valence-electron chi connectivity index (χ1n) is 23.3. The van der Waals surface area contributed by atoms with Gasteiger partial charge in [0.1, 0.15) is 42.1 Å². The summed E-state index contributed by atoms with van der Waals surface area (Å²) in [4.78, 5) is 128. The van der Waals surface area contributed by atoms with Crippen molar-refractivity contribution in [2.24, 2.45) is 0 Å². The third-order valence-corrected chi connectivity index (χ3v) is 13.6. The summed E-state index contributed by atoms with van der Waals surface area (Å²) in [6.45, 7) is 3.57. The smallest absolute Gasteiger partial charge is 0.333 e. The van der Waals surface area contributed by atoms with Gasteiger partial charge in [-0.15, -0.1) is 11.8 Å². The van der Waals surface area contributed by atoms with Gasteiger partial charge in [-0.25, -0.2) is 9.78 Å². The molecule has 3 aromatic rings. The molecule has 0 radical (unpaired) electrons. The predicted molar refractivity (Wildman–Crippen MR) is 262 cm³/mol. The maximum atomic E-state index is 15.5. The second-order valence-corrected chi connectivity index (χ2v) is 19.1. The standard InChI is InChI=1S/C50H63N9O10S/c1-8-35-47(65)58-23-13-16-36(58)48(66)57(7)38(26-31-18-20-34(21-19-31)56(5)6)49(67)59-28-33(29-70-25-24-55(3)4)40(61)27-37(59)44(62)54-42(32-14-10-9-11-15-32)50(68)69-30(2)41(45(63)52-35)53-46(64)43-39(60)17-12-22-51-43/h9-12,14-15,17-22,29-30,35-38,41-42,60H,8,13,16,23-28H2,1-7H3,(H,52,63)(H,53,64)(H,54,62)/b33-29-/t30-,35-,36+,37+,38+,41+,42+/m1/s1. The molecule has 0 bridgehead atoms. The Morgan fingerprint density at radius 3 is 2.27 bits per heavy atom. The van der Waals surface area contributed by atoms with Crippen molar-refractivity contribution < 1.29 is 48.2 Å². The minimum absolute atomic E-state index is 0.00124. The lowest BCUT2D eigenvalue weighted by molar-refractivity contribution is -0.156. The second kappa shape index (κ2) is 23.7. The lowest BCUT2D eigenvalue weighted by Gasteiger charge is -2.40. The number of piperidine rings is 1. The number of esters is 1. The normalized spacial score (nSPS) is 24.8. The quantitative estimate of drug-likeness (QED) is 0.123. The number of benzene rings is 2. The number of carbonyl (C=O) groups excluding carboxylic acids is 8. The zero-order chi connectivity index (χ0) is 50.8. The molecule has 3 saturated heterocycles. The summed E-state index contributed by atoms with van der Waals surface area (Å²) in [6.07, 6.45) is 0.0491. The van der Waals surface area contributed by atoms with E-state index < -0.39 is 102 Å². The molecule has 374 valence electrons. The number of aromatic nitrogens is 1. The fourth-order valence-electron chi connectivity index (χ4n) is 8.63. The van der Waals surface area contributed by atoms with Crippen LogP contribution in [-0.4, -0.2) is 174 Å². The molecule has 70 heavy (non-hydrogen) atoms. The van der Waals surface area contributed by atoms with E-state index in [1.807, 2.05) is 62.3 Å². The Hall–Kier alpha value is -6.80. The van der Waals surface area contributed by atoms with E-state index in [4.69, 9.17) is 4.74 Å². The molecule has 4 heterocycles. The number of carbonyl (C=O) groups is 8. The summed E-state index contributed by atoms with van der Waals surface area (Å²) in [6, 6.07) is 9.88. The zero-order valence-corrected chi connectivity index (χ0v) is 41.4. The minimum Gasteiger partial charge on any atom is -0.505 e. The summed E-state index contributed by atoms with van der Waals surface area (Å²) >= 11 is 1.39. The highest BCUT2D eigenvalue weighted by atomic mass is 32.2. The van der Waals surface area contributed by atoms with Crippen LogP contribution in [0.1, 0.15) is 67.2 Å². The lowest BCUT2D eigenvalue weighted by Crippen LogP contribution is -2.61. The molecular formula is C50H63N9O10S. The number of fused-ring (bicyclic) bond motifs is 2. The molecule has 3 fully saturated rings. The van der Waals surface area contributed by atoms with Crippen molar-refractivity contribution in [2.45, 2.75) is 88.3 Å². The van der Waals surface area contributed by atoms with Crippen LogP contribution in [0.2, 0.25) is 0 Å². The van der Waals surface area contributed by atoms with E-state index in [0.717, 1.165) is 5.69 Å². The monoisotopic (exact) mass is 981 g/mol. The van der Waals surface area contributed by atoms with Crippen LogP contribution in [0.25, 0.3) is 0 Å². The Morgan fingerprint density at radius 2 is 1.61 bits per heavy atom. The number of likely N-dealkylation sites (N-methyl/N-ethyl adjacent to an activating group) is 1. The largest absolute Gasteiger partial charge is 0.505 e. The number of hydrogen-bond donors (Lipinski definition) is 4. The number of rotatable bonds is 11. The van der Waals surface area contributed by atoms with Gasteiger partial charge in [0.15, 0.2) is 17.5 Å². The van der Waals surface area contributed by atoms with Crippen LogP contribution in [0.15, 0.2) is 83.9 Å². The van der Waals surface area contributed by atoms with Crippen molar-refractivity contribution in [2.75, 3.05) is 65.5 Å². The molecule has 7 atom stereocenters. The Balaban J connectivity index is 1.47. The summed E-state index contributed by atoms with van der Waals surface area (Å²) in [5.41, 5.74) is 1.70. The molecule has 0 unspecified atom stereocenters. The first-order chi connectivity index (χ1) is 33.4. The van der Waals surface area contributed by atoms with Gasteiger partial charge in [0, 0.05) is 70.3 Å².